The summed E-state index contributed by atoms with van der Waals surface area (Å²) in [7, 11) is 3.08. The van der Waals surface area contributed by atoms with Crippen LogP contribution in [0.3, 0.4) is 0 Å². The van der Waals surface area contributed by atoms with Crippen molar-refractivity contribution in [2.75, 3.05) is 20.0 Å². The van der Waals surface area contributed by atoms with Crippen molar-refractivity contribution in [2.45, 2.75) is 13.0 Å². The Labute approximate surface area is 128 Å². The second-order valence-corrected chi connectivity index (χ2v) is 5.11. The average molecular weight is 308 g/mol. The largest absolute Gasteiger partial charge is 0.493 e. The van der Waals surface area contributed by atoms with E-state index in [0.29, 0.717) is 22.3 Å². The number of hydrogen-bond donors (Lipinski definition) is 2. The first kappa shape index (κ1) is 15.4. The van der Waals surface area contributed by atoms with E-state index in [1.807, 2.05) is 13.0 Å². The molecule has 0 saturated carbocycles. The summed E-state index contributed by atoms with van der Waals surface area (Å²) in [6, 6.07) is 5.00. The van der Waals surface area contributed by atoms with E-state index in [1.165, 1.54) is 7.11 Å². The third kappa shape index (κ3) is 3.04. The first-order valence-corrected chi connectivity index (χ1v) is 6.74. The second-order valence-electron chi connectivity index (χ2n) is 4.70. The number of hydrogen-bond acceptors (Lipinski definition) is 5. The highest BCUT2D eigenvalue weighted by atomic mass is 35.5. The Balaban J connectivity index is 2.50. The fourth-order valence-electron chi connectivity index (χ4n) is 2.15. The number of anilines is 1. The Morgan fingerprint density at radius 3 is 2.52 bits per heavy atom. The molecular weight excluding hydrogens is 290 g/mol. The van der Waals surface area contributed by atoms with Gasteiger partial charge in [-0.1, -0.05) is 11.6 Å². The maximum Gasteiger partial charge on any atom is 0.179 e. The van der Waals surface area contributed by atoms with Crippen molar-refractivity contribution in [1.29, 1.82) is 0 Å². The molecule has 0 radical (unpaired) electrons. The lowest BCUT2D eigenvalue weighted by Crippen LogP contribution is -2.15. The number of rotatable bonds is 4. The van der Waals surface area contributed by atoms with Crippen LogP contribution in [0.5, 0.6) is 11.5 Å². The minimum Gasteiger partial charge on any atom is -0.493 e. The number of nitrogens with zero attached hydrogens (tertiary/aromatic N) is 1. The van der Waals surface area contributed by atoms with E-state index in [0.717, 1.165) is 16.7 Å². The van der Waals surface area contributed by atoms with Crippen LogP contribution in [0.1, 0.15) is 22.7 Å². The number of ether oxygens (including phenoxy) is 2. The molecule has 0 spiro atoms. The monoisotopic (exact) mass is 307 g/mol. The topological polar surface area (TPSA) is 83.4 Å². The van der Waals surface area contributed by atoms with Crippen molar-refractivity contribution in [3.05, 3.63) is 46.1 Å². The van der Waals surface area contributed by atoms with Gasteiger partial charge in [0.2, 0.25) is 0 Å². The van der Waals surface area contributed by atoms with Crippen LogP contribution >= 0.6 is 11.6 Å². The van der Waals surface area contributed by atoms with Gasteiger partial charge in [0.15, 0.2) is 11.5 Å². The SMILES string of the molecule is COc1cc(C(N)c2cc(C)cnc2N)cc(Cl)c1OC. The predicted octanol–water partition coefficient (Wildman–Crippen LogP) is 2.69. The smallest absolute Gasteiger partial charge is 0.179 e. The van der Waals surface area contributed by atoms with Gasteiger partial charge in [-0.3, -0.25) is 0 Å². The van der Waals surface area contributed by atoms with Gasteiger partial charge in [-0.05, 0) is 36.2 Å². The predicted molar refractivity (Wildman–Crippen MR) is 84.0 cm³/mol. The Morgan fingerprint density at radius 2 is 1.90 bits per heavy atom. The zero-order valence-corrected chi connectivity index (χ0v) is 12.9. The number of methoxy groups -OCH3 is 2. The lowest BCUT2D eigenvalue weighted by Gasteiger charge is -2.18. The molecule has 1 heterocycles. The number of halogens is 1. The molecule has 2 aromatic rings. The second kappa shape index (κ2) is 6.20. The highest BCUT2D eigenvalue weighted by Crippen LogP contribution is 2.38. The maximum absolute atomic E-state index is 6.30. The van der Waals surface area contributed by atoms with Crippen molar-refractivity contribution in [1.82, 2.24) is 4.98 Å². The van der Waals surface area contributed by atoms with E-state index in [2.05, 4.69) is 4.98 Å². The summed E-state index contributed by atoms with van der Waals surface area (Å²) >= 11 is 6.21. The first-order valence-electron chi connectivity index (χ1n) is 6.37. The lowest BCUT2D eigenvalue weighted by molar-refractivity contribution is 0.354. The standard InChI is InChI=1S/C15H18ClN3O2/c1-8-4-10(15(18)19-7-8)13(17)9-5-11(16)14(21-3)12(6-9)20-2/h4-7,13H,17H2,1-3H3,(H2,18,19). The normalized spacial score (nSPS) is 12.0. The molecule has 112 valence electrons. The molecule has 0 aliphatic carbocycles. The van der Waals surface area contributed by atoms with Gasteiger partial charge in [0.1, 0.15) is 5.82 Å². The Bertz CT molecular complexity index is 662. The number of benzene rings is 1. The van der Waals surface area contributed by atoms with Crippen LogP contribution in [-0.4, -0.2) is 19.2 Å². The molecular formula is C15H18ClN3O2. The summed E-state index contributed by atoms with van der Waals surface area (Å²) in [4.78, 5) is 4.13. The molecule has 0 bridgehead atoms. The molecule has 0 fully saturated rings. The number of aryl methyl sites for hydroxylation is 1. The van der Waals surface area contributed by atoms with E-state index in [1.54, 1.807) is 25.4 Å². The molecule has 0 amide bonds. The van der Waals surface area contributed by atoms with Gasteiger partial charge >= 0.3 is 0 Å². The molecule has 6 heteroatoms. The maximum atomic E-state index is 6.30. The summed E-state index contributed by atoms with van der Waals surface area (Å²) in [5.41, 5.74) is 14.7. The van der Waals surface area contributed by atoms with Crippen LogP contribution in [0.25, 0.3) is 0 Å². The Hall–Kier alpha value is -1.98. The molecule has 1 unspecified atom stereocenters. The molecule has 2 rings (SSSR count). The molecule has 1 aromatic carbocycles. The van der Waals surface area contributed by atoms with E-state index >= 15 is 0 Å². The molecule has 0 saturated heterocycles. The summed E-state index contributed by atoms with van der Waals surface area (Å²) in [5, 5.41) is 0.432. The Morgan fingerprint density at radius 1 is 1.19 bits per heavy atom. The minimum atomic E-state index is -0.449. The van der Waals surface area contributed by atoms with E-state index in [-0.39, 0.29) is 0 Å². The lowest BCUT2D eigenvalue weighted by atomic mass is 9.98. The zero-order valence-electron chi connectivity index (χ0n) is 12.2. The van der Waals surface area contributed by atoms with Gasteiger partial charge in [0, 0.05) is 11.8 Å². The van der Waals surface area contributed by atoms with E-state index in [9.17, 15) is 0 Å². The van der Waals surface area contributed by atoms with Gasteiger partial charge in [-0.15, -0.1) is 0 Å². The summed E-state index contributed by atoms with van der Waals surface area (Å²) < 4.78 is 10.5. The summed E-state index contributed by atoms with van der Waals surface area (Å²) in [5.74, 6) is 1.40. The van der Waals surface area contributed by atoms with E-state index < -0.39 is 6.04 Å². The van der Waals surface area contributed by atoms with Crippen molar-refractivity contribution in [3.63, 3.8) is 0 Å². The van der Waals surface area contributed by atoms with Crippen molar-refractivity contribution >= 4 is 17.4 Å². The molecule has 21 heavy (non-hydrogen) atoms. The van der Waals surface area contributed by atoms with Gasteiger partial charge in [-0.2, -0.15) is 0 Å². The molecule has 5 nitrogen and oxygen atoms in total. The third-order valence-electron chi connectivity index (χ3n) is 3.24. The molecule has 0 aliphatic heterocycles. The molecule has 0 aliphatic rings. The fraction of sp³-hybridized carbons (Fsp3) is 0.267. The van der Waals surface area contributed by atoms with Crippen LogP contribution in [0.2, 0.25) is 5.02 Å². The average Bonchev–Trinajstić information content (AvgIpc) is 2.48. The third-order valence-corrected chi connectivity index (χ3v) is 3.52. The highest BCUT2D eigenvalue weighted by molar-refractivity contribution is 6.32. The van der Waals surface area contributed by atoms with Crippen LogP contribution in [0.4, 0.5) is 5.82 Å². The summed E-state index contributed by atoms with van der Waals surface area (Å²) in [6.07, 6.45) is 1.70. The number of aromatic nitrogens is 1. The number of pyridine rings is 1. The highest BCUT2D eigenvalue weighted by Gasteiger charge is 2.18. The van der Waals surface area contributed by atoms with Crippen LogP contribution < -0.4 is 20.9 Å². The van der Waals surface area contributed by atoms with Crippen LogP contribution in [-0.2, 0) is 0 Å². The first-order chi connectivity index (χ1) is 9.97. The number of nitrogen functional groups attached to an aromatic ring is 1. The zero-order chi connectivity index (χ0) is 15.6. The molecule has 4 N–H and O–H groups in total. The van der Waals surface area contributed by atoms with Crippen molar-refractivity contribution in [3.8, 4) is 11.5 Å². The molecule has 1 aromatic heterocycles. The molecule has 1 atom stereocenters. The van der Waals surface area contributed by atoms with Crippen molar-refractivity contribution < 1.29 is 9.47 Å². The Kier molecular flexibility index (Phi) is 4.55. The van der Waals surface area contributed by atoms with Gasteiger partial charge in [0.05, 0.1) is 25.3 Å². The fourth-order valence-corrected chi connectivity index (χ4v) is 2.44. The quantitative estimate of drug-likeness (QED) is 0.907. The van der Waals surface area contributed by atoms with E-state index in [4.69, 9.17) is 32.5 Å². The van der Waals surface area contributed by atoms with Gasteiger partial charge in [-0.25, -0.2) is 4.98 Å². The minimum absolute atomic E-state index is 0.402. The number of nitrogens with two attached hydrogens (primary N) is 2. The van der Waals surface area contributed by atoms with Crippen LogP contribution in [0, 0.1) is 6.92 Å². The van der Waals surface area contributed by atoms with Gasteiger partial charge < -0.3 is 20.9 Å². The van der Waals surface area contributed by atoms with Crippen LogP contribution in [0.15, 0.2) is 24.4 Å². The summed E-state index contributed by atoms with van der Waals surface area (Å²) in [6.45, 7) is 1.93. The van der Waals surface area contributed by atoms with Crippen molar-refractivity contribution in [2.24, 2.45) is 5.73 Å². The van der Waals surface area contributed by atoms with Gasteiger partial charge in [0.25, 0.3) is 0 Å².